The summed E-state index contributed by atoms with van der Waals surface area (Å²) in [6, 6.07) is 5.02. The number of hydrogen-bond donors (Lipinski definition) is 2. The molecule has 11 heteroatoms. The Morgan fingerprint density at radius 2 is 2.03 bits per heavy atom. The Bertz CT molecular complexity index is 1160. The maximum absolute atomic E-state index is 14.6. The third-order valence-electron chi connectivity index (χ3n) is 6.61. The fraction of sp³-hybridized carbons (Fsp3) is 0.500. The third-order valence-corrected chi connectivity index (χ3v) is 6.61. The summed E-state index contributed by atoms with van der Waals surface area (Å²) in [7, 11) is 0. The fourth-order valence-electron chi connectivity index (χ4n) is 5.17. The number of hydrogen-bond acceptors (Lipinski definition) is 8. The van der Waals surface area contributed by atoms with Gasteiger partial charge in [0.15, 0.2) is 17.5 Å². The number of benzene rings is 1. The molecule has 2 N–H and O–H groups in total. The second-order valence-electron chi connectivity index (χ2n) is 9.40. The monoisotopic (exact) mass is 455 g/mol. The maximum atomic E-state index is 14.6. The molecular formula is C22H27F2N9. The van der Waals surface area contributed by atoms with Gasteiger partial charge in [-0.15, -0.1) is 5.10 Å². The smallest absolute Gasteiger partial charge is 0.229 e. The highest BCUT2D eigenvalue weighted by Crippen LogP contribution is 2.38. The lowest BCUT2D eigenvalue weighted by Gasteiger charge is -2.47. The van der Waals surface area contributed by atoms with E-state index in [0.717, 1.165) is 32.0 Å². The van der Waals surface area contributed by atoms with Crippen molar-refractivity contribution in [3.63, 3.8) is 0 Å². The van der Waals surface area contributed by atoms with Crippen molar-refractivity contribution in [1.29, 1.82) is 0 Å². The van der Waals surface area contributed by atoms with Gasteiger partial charge >= 0.3 is 0 Å². The van der Waals surface area contributed by atoms with E-state index in [0.29, 0.717) is 17.6 Å². The van der Waals surface area contributed by atoms with Crippen LogP contribution in [0.25, 0.3) is 5.69 Å². The zero-order valence-electron chi connectivity index (χ0n) is 18.9. The lowest BCUT2D eigenvalue weighted by Crippen LogP contribution is -2.55. The van der Waals surface area contributed by atoms with E-state index in [1.807, 2.05) is 0 Å². The molecule has 9 nitrogen and oxygen atoms in total. The van der Waals surface area contributed by atoms with Crippen molar-refractivity contribution in [3.05, 3.63) is 41.9 Å². The average Bonchev–Trinajstić information content (AvgIpc) is 3.41. The Kier molecular flexibility index (Phi) is 5.43. The number of rotatable bonds is 5. The number of nitrogens with zero attached hydrogens (tertiary/aromatic N) is 7. The highest BCUT2D eigenvalue weighted by Gasteiger charge is 2.43. The van der Waals surface area contributed by atoms with Crippen molar-refractivity contribution in [1.82, 2.24) is 35.1 Å². The van der Waals surface area contributed by atoms with Gasteiger partial charge in [0.1, 0.15) is 5.82 Å². The van der Waals surface area contributed by atoms with Crippen LogP contribution in [-0.2, 0) is 0 Å². The fourth-order valence-corrected chi connectivity index (χ4v) is 5.17. The molecule has 2 aliphatic rings. The molecule has 0 aliphatic carbocycles. The summed E-state index contributed by atoms with van der Waals surface area (Å²) in [5.74, 6) is -0.255. The molecule has 0 saturated carbocycles. The Morgan fingerprint density at radius 3 is 2.82 bits per heavy atom. The van der Waals surface area contributed by atoms with E-state index in [-0.39, 0.29) is 29.0 Å². The first kappa shape index (κ1) is 21.6. The summed E-state index contributed by atoms with van der Waals surface area (Å²) in [5.41, 5.74) is 0.757. The molecule has 2 atom stereocenters. The van der Waals surface area contributed by atoms with Gasteiger partial charge in [-0.3, -0.25) is 4.90 Å². The van der Waals surface area contributed by atoms with E-state index >= 15 is 0 Å². The Balaban J connectivity index is 1.36. The Labute approximate surface area is 190 Å². The lowest BCUT2D eigenvalue weighted by atomic mass is 9.84. The molecule has 0 spiro atoms. The van der Waals surface area contributed by atoms with Gasteiger partial charge in [0.25, 0.3) is 0 Å². The van der Waals surface area contributed by atoms with E-state index in [9.17, 15) is 8.78 Å². The maximum Gasteiger partial charge on any atom is 0.229 e. The minimum atomic E-state index is -0.536. The molecule has 174 valence electrons. The summed E-state index contributed by atoms with van der Waals surface area (Å²) in [6.07, 6.45) is 5.29. The van der Waals surface area contributed by atoms with Gasteiger partial charge in [-0.25, -0.2) is 13.8 Å². The molecule has 0 amide bonds. The normalized spacial score (nSPS) is 22.2. The molecule has 2 saturated heterocycles. The first-order chi connectivity index (χ1) is 15.8. The van der Waals surface area contributed by atoms with E-state index in [1.165, 1.54) is 17.2 Å². The van der Waals surface area contributed by atoms with Gasteiger partial charge in [-0.1, -0.05) is 0 Å². The van der Waals surface area contributed by atoms with Crippen LogP contribution in [0.5, 0.6) is 0 Å². The van der Waals surface area contributed by atoms with Gasteiger partial charge < -0.3 is 10.6 Å². The first-order valence-corrected chi connectivity index (χ1v) is 11.2. The van der Waals surface area contributed by atoms with Crippen LogP contribution in [0.4, 0.5) is 26.2 Å². The van der Waals surface area contributed by atoms with Gasteiger partial charge in [0.2, 0.25) is 5.95 Å². The van der Waals surface area contributed by atoms with Crippen LogP contribution >= 0.6 is 0 Å². The summed E-state index contributed by atoms with van der Waals surface area (Å²) < 4.78 is 30.5. The minimum absolute atomic E-state index is 0.0413. The van der Waals surface area contributed by atoms with Crippen molar-refractivity contribution >= 4 is 17.5 Å². The SMILES string of the molecule is Cc1nnnn1-c1ccc(F)c(Nc2ncc(F)c(NC3CC4CCCN4C(C)(C)C3)n2)c1. The van der Waals surface area contributed by atoms with Crippen LogP contribution in [0.3, 0.4) is 0 Å². The van der Waals surface area contributed by atoms with Crippen LogP contribution in [0.1, 0.15) is 45.4 Å². The number of anilines is 3. The molecule has 4 heterocycles. The zero-order chi connectivity index (χ0) is 23.2. The number of piperidine rings is 1. The largest absolute Gasteiger partial charge is 0.365 e. The van der Waals surface area contributed by atoms with E-state index in [2.05, 4.69) is 54.9 Å². The van der Waals surface area contributed by atoms with Crippen molar-refractivity contribution < 1.29 is 8.78 Å². The second kappa shape index (κ2) is 8.29. The summed E-state index contributed by atoms with van der Waals surface area (Å²) >= 11 is 0. The Hall–Kier alpha value is -3.21. The molecule has 2 unspecified atom stereocenters. The lowest BCUT2D eigenvalue weighted by molar-refractivity contribution is 0.0500. The molecule has 3 aromatic rings. The minimum Gasteiger partial charge on any atom is -0.365 e. The standard InChI is InChI=1S/C22H27F2N9/c1-13-29-30-31-33(13)16-6-7-17(23)19(10-16)27-21-25-12-18(24)20(28-21)26-14-9-15-5-4-8-32(15)22(2,3)11-14/h6-7,10,12,14-15H,4-5,8-9,11H2,1-3H3,(H2,25,26,27,28). The first-order valence-electron chi connectivity index (χ1n) is 11.2. The average molecular weight is 456 g/mol. The van der Waals surface area contributed by atoms with Crippen molar-refractivity contribution in [2.24, 2.45) is 0 Å². The van der Waals surface area contributed by atoms with Gasteiger partial charge in [-0.2, -0.15) is 9.67 Å². The molecule has 2 aliphatic heterocycles. The number of tetrazole rings is 1. The van der Waals surface area contributed by atoms with Crippen LogP contribution in [0, 0.1) is 18.6 Å². The molecule has 2 fully saturated rings. The van der Waals surface area contributed by atoms with Crippen molar-refractivity contribution in [2.45, 2.75) is 64.1 Å². The van der Waals surface area contributed by atoms with Crippen LogP contribution in [-0.4, -0.2) is 59.2 Å². The van der Waals surface area contributed by atoms with Gasteiger partial charge in [0, 0.05) is 17.6 Å². The number of fused-ring (bicyclic) bond motifs is 1. The second-order valence-corrected chi connectivity index (χ2v) is 9.40. The van der Waals surface area contributed by atoms with Crippen LogP contribution < -0.4 is 10.6 Å². The highest BCUT2D eigenvalue weighted by molar-refractivity contribution is 5.59. The van der Waals surface area contributed by atoms with E-state index < -0.39 is 11.6 Å². The van der Waals surface area contributed by atoms with E-state index in [1.54, 1.807) is 19.1 Å². The molecule has 0 radical (unpaired) electrons. The quantitative estimate of drug-likeness (QED) is 0.603. The molecule has 2 aromatic heterocycles. The van der Waals surface area contributed by atoms with E-state index in [4.69, 9.17) is 0 Å². The summed E-state index contributed by atoms with van der Waals surface area (Å²) in [5, 5.41) is 17.5. The molecule has 1 aromatic carbocycles. The van der Waals surface area contributed by atoms with Crippen molar-refractivity contribution in [3.8, 4) is 5.69 Å². The highest BCUT2D eigenvalue weighted by atomic mass is 19.1. The molecule has 33 heavy (non-hydrogen) atoms. The molecule has 5 rings (SSSR count). The van der Waals surface area contributed by atoms with Crippen LogP contribution in [0.15, 0.2) is 24.4 Å². The number of aryl methyl sites for hydroxylation is 1. The predicted molar refractivity (Wildman–Crippen MR) is 120 cm³/mol. The number of halogens is 2. The van der Waals surface area contributed by atoms with Gasteiger partial charge in [-0.05, 0) is 81.6 Å². The molecular weight excluding hydrogens is 428 g/mol. The zero-order valence-corrected chi connectivity index (χ0v) is 18.9. The predicted octanol–water partition coefficient (Wildman–Crippen LogP) is 3.60. The number of aromatic nitrogens is 6. The van der Waals surface area contributed by atoms with Crippen LogP contribution in [0.2, 0.25) is 0 Å². The third kappa shape index (κ3) is 4.24. The summed E-state index contributed by atoms with van der Waals surface area (Å²) in [4.78, 5) is 10.9. The topological polar surface area (TPSA) is 96.7 Å². The van der Waals surface area contributed by atoms with Gasteiger partial charge in [0.05, 0.1) is 17.6 Å². The summed E-state index contributed by atoms with van der Waals surface area (Å²) in [6.45, 7) is 7.35. The molecule has 0 bridgehead atoms. The number of nitrogens with one attached hydrogen (secondary N) is 2. The van der Waals surface area contributed by atoms with Crippen molar-refractivity contribution in [2.75, 3.05) is 17.2 Å². The Morgan fingerprint density at radius 1 is 1.18 bits per heavy atom.